The van der Waals surface area contributed by atoms with E-state index in [-0.39, 0.29) is 37.0 Å². The van der Waals surface area contributed by atoms with E-state index in [0.717, 1.165) is 22.3 Å². The van der Waals surface area contributed by atoms with Crippen LogP contribution < -0.4 is 10.6 Å². The Balaban J connectivity index is 1.29. The number of carbonyl (C=O) groups is 3. The van der Waals surface area contributed by atoms with Gasteiger partial charge in [-0.05, 0) is 40.8 Å². The van der Waals surface area contributed by atoms with Gasteiger partial charge in [-0.2, -0.15) is 0 Å². The lowest BCUT2D eigenvalue weighted by Gasteiger charge is -2.19. The molecule has 180 valence electrons. The first-order valence-corrected chi connectivity index (χ1v) is 11.5. The molecule has 4 rings (SSSR count). The zero-order valence-corrected chi connectivity index (χ0v) is 19.4. The molecule has 1 aromatic heterocycles. The number of carboxylic acids is 1. The van der Waals surface area contributed by atoms with Crippen LogP contribution in [0.5, 0.6) is 0 Å². The van der Waals surface area contributed by atoms with Crippen molar-refractivity contribution in [3.8, 4) is 11.1 Å². The average molecular weight is 474 g/mol. The summed E-state index contributed by atoms with van der Waals surface area (Å²) in [7, 11) is 0. The lowest BCUT2D eigenvalue weighted by molar-refractivity contribution is -0.121. The topological polar surface area (TPSA) is 118 Å². The number of aromatic carboxylic acids is 1. The van der Waals surface area contributed by atoms with Gasteiger partial charge in [-0.15, -0.1) is 0 Å². The van der Waals surface area contributed by atoms with Gasteiger partial charge in [-0.25, -0.2) is 9.59 Å². The van der Waals surface area contributed by atoms with Crippen molar-refractivity contribution in [3.63, 3.8) is 0 Å². The molecule has 3 N–H and O–H groups in total. The Kier molecular flexibility index (Phi) is 7.40. The average Bonchev–Trinajstić information content (AvgIpc) is 3.19. The van der Waals surface area contributed by atoms with E-state index in [9.17, 15) is 14.4 Å². The Bertz CT molecular complexity index is 1200. The number of hydrogen-bond acceptors (Lipinski definition) is 5. The number of amides is 2. The zero-order chi connectivity index (χ0) is 24.8. The number of carboxylic acid groups (broad SMARTS) is 1. The number of alkyl carbamates (subject to hydrolysis) is 1. The number of hydrogen-bond donors (Lipinski definition) is 3. The van der Waals surface area contributed by atoms with Gasteiger partial charge in [0.2, 0.25) is 5.91 Å². The van der Waals surface area contributed by atoms with Gasteiger partial charge >= 0.3 is 12.1 Å². The third-order valence-corrected chi connectivity index (χ3v) is 6.12. The van der Waals surface area contributed by atoms with E-state index in [1.165, 1.54) is 18.3 Å². The van der Waals surface area contributed by atoms with Crippen molar-refractivity contribution in [1.29, 1.82) is 0 Å². The molecule has 0 aliphatic heterocycles. The molecule has 0 spiro atoms. The number of benzene rings is 2. The van der Waals surface area contributed by atoms with Crippen LogP contribution >= 0.6 is 0 Å². The number of rotatable bonds is 9. The van der Waals surface area contributed by atoms with E-state index >= 15 is 0 Å². The van der Waals surface area contributed by atoms with Crippen molar-refractivity contribution in [2.24, 2.45) is 0 Å². The van der Waals surface area contributed by atoms with Gasteiger partial charge in [0.15, 0.2) is 0 Å². The fraction of sp³-hybridized carbons (Fsp3) is 0.259. The molecule has 2 amide bonds. The number of aromatic nitrogens is 1. The monoisotopic (exact) mass is 473 g/mol. The molecule has 1 unspecified atom stereocenters. The lowest BCUT2D eigenvalue weighted by Crippen LogP contribution is -2.39. The van der Waals surface area contributed by atoms with Crippen molar-refractivity contribution in [1.82, 2.24) is 15.6 Å². The van der Waals surface area contributed by atoms with Gasteiger partial charge in [0.25, 0.3) is 0 Å². The Hall–Kier alpha value is -4.20. The molecule has 1 aliphatic carbocycles. The van der Waals surface area contributed by atoms with Crippen molar-refractivity contribution < 1.29 is 24.2 Å². The summed E-state index contributed by atoms with van der Waals surface area (Å²) < 4.78 is 5.57. The smallest absolute Gasteiger partial charge is 0.407 e. The number of fused-ring (bicyclic) bond motifs is 3. The largest absolute Gasteiger partial charge is 0.478 e. The molecule has 0 saturated heterocycles. The van der Waals surface area contributed by atoms with Gasteiger partial charge in [-0.3, -0.25) is 9.78 Å². The summed E-state index contributed by atoms with van der Waals surface area (Å²) in [5, 5.41) is 14.6. The molecule has 1 heterocycles. The lowest BCUT2D eigenvalue weighted by atomic mass is 9.98. The summed E-state index contributed by atoms with van der Waals surface area (Å²) in [4.78, 5) is 40.0. The van der Waals surface area contributed by atoms with Crippen LogP contribution in [0.2, 0.25) is 0 Å². The summed E-state index contributed by atoms with van der Waals surface area (Å²) >= 11 is 0. The van der Waals surface area contributed by atoms with Crippen LogP contribution in [0.25, 0.3) is 11.1 Å². The number of carbonyl (C=O) groups excluding carboxylic acids is 2. The predicted octanol–water partition coefficient (Wildman–Crippen LogP) is 4.10. The molecular formula is C27H27N3O5. The second-order valence-corrected chi connectivity index (χ2v) is 8.40. The molecule has 0 fully saturated rings. The SMILES string of the molecule is CCC(CC(=O)NCc1cc(C(=O)O)ccn1)NC(=O)OCC1c2ccccc2-c2ccccc21. The van der Waals surface area contributed by atoms with E-state index in [1.807, 2.05) is 31.2 Å². The fourth-order valence-corrected chi connectivity index (χ4v) is 4.30. The zero-order valence-electron chi connectivity index (χ0n) is 19.4. The maximum Gasteiger partial charge on any atom is 0.407 e. The fourth-order valence-electron chi connectivity index (χ4n) is 4.30. The molecule has 1 aliphatic rings. The number of pyridine rings is 1. The first kappa shape index (κ1) is 23.9. The quantitative estimate of drug-likeness (QED) is 0.431. The second kappa shape index (κ2) is 10.8. The molecule has 8 heteroatoms. The highest BCUT2D eigenvalue weighted by Crippen LogP contribution is 2.44. The standard InChI is InChI=1S/C27H27N3O5/c1-2-18(14-25(31)29-15-19-13-17(26(32)33)11-12-28-19)30-27(34)35-16-24-22-9-5-3-7-20(22)21-8-4-6-10-23(21)24/h3-13,18,24H,2,14-16H2,1H3,(H,29,31)(H,30,34)(H,32,33). The van der Waals surface area contributed by atoms with Crippen molar-refractivity contribution in [2.45, 2.75) is 38.3 Å². The van der Waals surface area contributed by atoms with E-state index in [1.54, 1.807) is 0 Å². The minimum absolute atomic E-state index is 0.0365. The third kappa shape index (κ3) is 5.66. The third-order valence-electron chi connectivity index (χ3n) is 6.12. The van der Waals surface area contributed by atoms with Gasteiger partial charge in [0, 0.05) is 24.6 Å². The van der Waals surface area contributed by atoms with E-state index in [0.29, 0.717) is 12.1 Å². The van der Waals surface area contributed by atoms with Crippen LogP contribution in [0.15, 0.2) is 66.9 Å². The maximum atomic E-state index is 12.5. The Labute approximate surface area is 203 Å². The minimum atomic E-state index is -1.06. The molecular weight excluding hydrogens is 446 g/mol. The summed E-state index contributed by atoms with van der Waals surface area (Å²) in [6, 6.07) is 18.6. The highest BCUT2D eigenvalue weighted by Gasteiger charge is 2.29. The summed E-state index contributed by atoms with van der Waals surface area (Å²) in [6.07, 6.45) is 1.43. The van der Waals surface area contributed by atoms with Crippen LogP contribution in [0.4, 0.5) is 4.79 Å². The van der Waals surface area contributed by atoms with Crippen LogP contribution in [0.3, 0.4) is 0 Å². The highest BCUT2D eigenvalue weighted by molar-refractivity contribution is 5.87. The number of nitrogens with one attached hydrogen (secondary N) is 2. The summed E-state index contributed by atoms with van der Waals surface area (Å²) in [5.41, 5.74) is 5.12. The van der Waals surface area contributed by atoms with Gasteiger partial charge in [0.05, 0.1) is 17.8 Å². The minimum Gasteiger partial charge on any atom is -0.478 e. The molecule has 2 aromatic carbocycles. The van der Waals surface area contributed by atoms with Crippen molar-refractivity contribution in [3.05, 3.63) is 89.2 Å². The normalized spacial score (nSPS) is 12.8. The first-order chi connectivity index (χ1) is 17.0. The summed E-state index contributed by atoms with van der Waals surface area (Å²) in [6.45, 7) is 2.18. The van der Waals surface area contributed by atoms with Crippen LogP contribution in [-0.4, -0.2) is 40.7 Å². The molecule has 0 bridgehead atoms. The van der Waals surface area contributed by atoms with Crippen molar-refractivity contribution >= 4 is 18.0 Å². The Morgan fingerprint density at radius 3 is 2.31 bits per heavy atom. The Morgan fingerprint density at radius 2 is 1.69 bits per heavy atom. The van der Waals surface area contributed by atoms with E-state index in [2.05, 4.69) is 39.9 Å². The molecule has 0 radical (unpaired) electrons. The molecule has 35 heavy (non-hydrogen) atoms. The highest BCUT2D eigenvalue weighted by atomic mass is 16.5. The van der Waals surface area contributed by atoms with Crippen molar-refractivity contribution in [2.75, 3.05) is 6.61 Å². The predicted molar refractivity (Wildman–Crippen MR) is 130 cm³/mol. The van der Waals surface area contributed by atoms with Crippen LogP contribution in [0, 0.1) is 0 Å². The van der Waals surface area contributed by atoms with Gasteiger partial charge < -0.3 is 20.5 Å². The maximum absolute atomic E-state index is 12.5. The van der Waals surface area contributed by atoms with E-state index < -0.39 is 18.1 Å². The molecule has 0 saturated carbocycles. The number of ether oxygens (including phenoxy) is 1. The van der Waals surface area contributed by atoms with Gasteiger partial charge in [0.1, 0.15) is 6.61 Å². The van der Waals surface area contributed by atoms with Gasteiger partial charge in [-0.1, -0.05) is 55.5 Å². The number of nitrogens with zero attached hydrogens (tertiary/aromatic N) is 1. The van der Waals surface area contributed by atoms with Crippen LogP contribution in [-0.2, 0) is 16.1 Å². The second-order valence-electron chi connectivity index (χ2n) is 8.40. The Morgan fingerprint density at radius 1 is 1.03 bits per heavy atom. The van der Waals surface area contributed by atoms with E-state index in [4.69, 9.17) is 9.84 Å². The molecule has 3 aromatic rings. The summed E-state index contributed by atoms with van der Waals surface area (Å²) in [5.74, 6) is -1.37. The first-order valence-electron chi connectivity index (χ1n) is 11.5. The molecule has 1 atom stereocenters. The van der Waals surface area contributed by atoms with Crippen LogP contribution in [0.1, 0.15) is 52.9 Å². The molecule has 8 nitrogen and oxygen atoms in total.